The van der Waals surface area contributed by atoms with Crippen LogP contribution in [-0.2, 0) is 13.1 Å². The summed E-state index contributed by atoms with van der Waals surface area (Å²) in [6.07, 6.45) is 1.86. The van der Waals surface area contributed by atoms with Gasteiger partial charge in [-0.05, 0) is 24.0 Å². The van der Waals surface area contributed by atoms with E-state index in [4.69, 9.17) is 10.2 Å². The fourth-order valence-corrected chi connectivity index (χ4v) is 1.98. The summed E-state index contributed by atoms with van der Waals surface area (Å²) in [6, 6.07) is 8.77. The van der Waals surface area contributed by atoms with Crippen LogP contribution in [0.1, 0.15) is 37.8 Å². The highest BCUT2D eigenvalue weighted by Crippen LogP contribution is 2.06. The third kappa shape index (κ3) is 8.93. The van der Waals surface area contributed by atoms with E-state index in [0.29, 0.717) is 0 Å². The van der Waals surface area contributed by atoms with Crippen molar-refractivity contribution in [1.82, 2.24) is 10.6 Å². The lowest BCUT2D eigenvalue weighted by atomic mass is 10.1. The van der Waals surface area contributed by atoms with Gasteiger partial charge in [-0.1, -0.05) is 38.1 Å². The highest BCUT2D eigenvalue weighted by atomic mass is 35.5. The van der Waals surface area contributed by atoms with Gasteiger partial charge in [-0.25, -0.2) is 0 Å². The molecule has 0 aliphatic carbocycles. The first-order valence-corrected chi connectivity index (χ1v) is 7.49. The number of aliphatic hydroxyl groups excluding tert-OH is 2. The molecule has 0 radical (unpaired) electrons. The zero-order chi connectivity index (χ0) is 14.8. The minimum Gasteiger partial charge on any atom is -0.395 e. The standard InChI is InChI=1S/C16H28N2O2.2ClH/c1-3-15(11-19)17-9-13-5-7-14(8-6-13)10-18-16(4-2)12-20;;/h5-8,15-20H,3-4,9-12H2,1-2H3;2*1H/t15-,16?;;/m1../s1. The van der Waals surface area contributed by atoms with Crippen molar-refractivity contribution < 1.29 is 10.2 Å². The minimum atomic E-state index is 0. The first-order chi connectivity index (χ1) is 9.73. The molecule has 0 aliphatic heterocycles. The molecule has 1 unspecified atom stereocenters. The summed E-state index contributed by atoms with van der Waals surface area (Å²) in [4.78, 5) is 0. The van der Waals surface area contributed by atoms with Crippen LogP contribution in [0, 0.1) is 0 Å². The van der Waals surface area contributed by atoms with E-state index >= 15 is 0 Å². The van der Waals surface area contributed by atoms with Crippen LogP contribution in [0.5, 0.6) is 0 Å². The molecule has 0 heterocycles. The molecule has 1 aromatic rings. The molecule has 0 saturated carbocycles. The van der Waals surface area contributed by atoms with Crippen LogP contribution in [0.4, 0.5) is 0 Å². The van der Waals surface area contributed by atoms with Crippen molar-refractivity contribution in [1.29, 1.82) is 0 Å². The first-order valence-electron chi connectivity index (χ1n) is 7.49. The fourth-order valence-electron chi connectivity index (χ4n) is 1.98. The van der Waals surface area contributed by atoms with Gasteiger partial charge in [0.2, 0.25) is 0 Å². The molecule has 0 bridgehead atoms. The van der Waals surface area contributed by atoms with Crippen LogP contribution in [0.3, 0.4) is 0 Å². The predicted octanol–water partition coefficient (Wildman–Crippen LogP) is 2.25. The van der Waals surface area contributed by atoms with Crippen molar-refractivity contribution in [3.05, 3.63) is 35.4 Å². The Morgan fingerprint density at radius 2 is 1.09 bits per heavy atom. The highest BCUT2D eigenvalue weighted by Gasteiger charge is 2.05. The van der Waals surface area contributed by atoms with Crippen molar-refractivity contribution in [2.45, 2.75) is 51.9 Å². The number of hydrogen-bond acceptors (Lipinski definition) is 4. The second-order valence-electron chi connectivity index (χ2n) is 5.15. The Kier molecular flexibility index (Phi) is 15.5. The Bertz CT molecular complexity index is 321. The smallest absolute Gasteiger partial charge is 0.0584 e. The Hall–Kier alpha value is -0.360. The number of nitrogens with one attached hydrogen (secondary N) is 2. The van der Waals surface area contributed by atoms with E-state index < -0.39 is 0 Å². The molecule has 6 heteroatoms. The maximum absolute atomic E-state index is 9.13. The lowest BCUT2D eigenvalue weighted by molar-refractivity contribution is 0.238. The van der Waals surface area contributed by atoms with E-state index in [1.807, 2.05) is 0 Å². The van der Waals surface area contributed by atoms with Crippen molar-refractivity contribution in [2.24, 2.45) is 0 Å². The zero-order valence-corrected chi connectivity index (χ0v) is 15.1. The molecule has 1 rings (SSSR count). The van der Waals surface area contributed by atoms with Crippen molar-refractivity contribution in [3.63, 3.8) is 0 Å². The van der Waals surface area contributed by atoms with Gasteiger partial charge in [0.05, 0.1) is 13.2 Å². The van der Waals surface area contributed by atoms with Crippen LogP contribution in [0.25, 0.3) is 0 Å². The van der Waals surface area contributed by atoms with Gasteiger partial charge in [0.25, 0.3) is 0 Å². The number of rotatable bonds is 10. The van der Waals surface area contributed by atoms with Gasteiger partial charge in [0.15, 0.2) is 0 Å². The zero-order valence-electron chi connectivity index (χ0n) is 13.4. The van der Waals surface area contributed by atoms with Crippen LogP contribution < -0.4 is 10.6 Å². The molecule has 0 aliphatic rings. The Morgan fingerprint density at radius 3 is 1.32 bits per heavy atom. The van der Waals surface area contributed by atoms with Gasteiger partial charge >= 0.3 is 0 Å². The molecule has 130 valence electrons. The average molecular weight is 353 g/mol. The fraction of sp³-hybridized carbons (Fsp3) is 0.625. The molecule has 0 spiro atoms. The summed E-state index contributed by atoms with van der Waals surface area (Å²) in [5.41, 5.74) is 2.43. The third-order valence-corrected chi connectivity index (χ3v) is 3.64. The molecular formula is C16H30Cl2N2O2. The monoisotopic (exact) mass is 352 g/mol. The maximum Gasteiger partial charge on any atom is 0.0584 e. The largest absolute Gasteiger partial charge is 0.395 e. The van der Waals surface area contributed by atoms with E-state index in [1.165, 1.54) is 11.1 Å². The van der Waals surface area contributed by atoms with E-state index in [1.54, 1.807) is 0 Å². The summed E-state index contributed by atoms with van der Waals surface area (Å²) in [7, 11) is 0. The van der Waals surface area contributed by atoms with E-state index in [9.17, 15) is 0 Å². The molecule has 4 N–H and O–H groups in total. The molecule has 2 atom stereocenters. The van der Waals surface area contributed by atoms with Crippen LogP contribution in [-0.4, -0.2) is 35.5 Å². The average Bonchev–Trinajstić information content (AvgIpc) is 2.50. The third-order valence-electron chi connectivity index (χ3n) is 3.64. The molecule has 1 aromatic carbocycles. The lowest BCUT2D eigenvalue weighted by Gasteiger charge is -2.15. The second-order valence-corrected chi connectivity index (χ2v) is 5.15. The van der Waals surface area contributed by atoms with Gasteiger partial charge < -0.3 is 20.8 Å². The molecule has 0 saturated heterocycles. The maximum atomic E-state index is 9.13. The van der Waals surface area contributed by atoms with E-state index in [-0.39, 0.29) is 50.1 Å². The van der Waals surface area contributed by atoms with Crippen molar-refractivity contribution in [2.75, 3.05) is 13.2 Å². The Balaban J connectivity index is 0. The SMILES string of the molecule is CCC(CO)NCc1ccc(CN[C@H](CC)CO)cc1.Cl.Cl. The Morgan fingerprint density at radius 1 is 0.773 bits per heavy atom. The minimum absolute atomic E-state index is 0. The van der Waals surface area contributed by atoms with Crippen molar-refractivity contribution >= 4 is 24.8 Å². The molecule has 0 aromatic heterocycles. The number of benzene rings is 1. The first kappa shape index (κ1) is 23.9. The van der Waals surface area contributed by atoms with Gasteiger partial charge in [0.1, 0.15) is 0 Å². The van der Waals surface area contributed by atoms with Gasteiger partial charge in [-0.2, -0.15) is 0 Å². The molecular weight excluding hydrogens is 323 g/mol. The Labute approximate surface area is 146 Å². The quantitative estimate of drug-likeness (QED) is 0.521. The molecule has 0 fully saturated rings. The summed E-state index contributed by atoms with van der Waals surface area (Å²) in [5, 5.41) is 24.9. The summed E-state index contributed by atoms with van der Waals surface area (Å²) < 4.78 is 0. The number of halogens is 2. The van der Waals surface area contributed by atoms with Crippen LogP contribution >= 0.6 is 24.8 Å². The van der Waals surface area contributed by atoms with Crippen molar-refractivity contribution in [3.8, 4) is 0 Å². The normalized spacial score (nSPS) is 12.9. The summed E-state index contributed by atoms with van der Waals surface area (Å²) in [6.45, 7) is 6.04. The summed E-state index contributed by atoms with van der Waals surface area (Å²) >= 11 is 0. The second kappa shape index (κ2) is 14.2. The number of hydrogen-bond donors (Lipinski definition) is 4. The van der Waals surface area contributed by atoms with E-state index in [2.05, 4.69) is 48.7 Å². The predicted molar refractivity (Wildman–Crippen MR) is 96.9 cm³/mol. The topological polar surface area (TPSA) is 64.5 Å². The summed E-state index contributed by atoms with van der Waals surface area (Å²) in [5.74, 6) is 0. The van der Waals surface area contributed by atoms with Gasteiger partial charge in [-0.15, -0.1) is 24.8 Å². The van der Waals surface area contributed by atoms with E-state index in [0.717, 1.165) is 25.9 Å². The van der Waals surface area contributed by atoms with Crippen LogP contribution in [0.2, 0.25) is 0 Å². The lowest BCUT2D eigenvalue weighted by Crippen LogP contribution is -2.31. The molecule has 0 amide bonds. The highest BCUT2D eigenvalue weighted by molar-refractivity contribution is 5.85. The van der Waals surface area contributed by atoms with Crippen LogP contribution in [0.15, 0.2) is 24.3 Å². The number of aliphatic hydroxyl groups is 2. The van der Waals surface area contributed by atoms with Gasteiger partial charge in [0, 0.05) is 25.2 Å². The molecule has 4 nitrogen and oxygen atoms in total. The van der Waals surface area contributed by atoms with Gasteiger partial charge in [-0.3, -0.25) is 0 Å². The molecule has 22 heavy (non-hydrogen) atoms.